The minimum absolute atomic E-state index is 0.654. The molecule has 1 heterocycles. The van der Waals surface area contributed by atoms with Crippen molar-refractivity contribution in [2.45, 2.75) is 4.90 Å². The topological polar surface area (TPSA) is 28.7 Å². The highest BCUT2D eigenvalue weighted by Gasteiger charge is 1.97. The number of nitrogens with one attached hydrogen (secondary N) is 1. The number of nitrogens with zero attached hydrogens (tertiary/aromatic N) is 1. The Balaban J connectivity index is 2.41. The fraction of sp³-hybridized carbons (Fsp3) is 0.0909. The number of aromatic nitrogens is 2. The first kappa shape index (κ1) is 10.4. The van der Waals surface area contributed by atoms with Gasteiger partial charge in [0.2, 0.25) is 0 Å². The number of rotatable bonds is 2. The molecule has 1 aromatic carbocycles. The molecule has 1 N–H and O–H groups in total. The van der Waals surface area contributed by atoms with Crippen LogP contribution in [0.25, 0.3) is 11.3 Å². The van der Waals surface area contributed by atoms with Gasteiger partial charge in [-0.15, -0.1) is 11.8 Å². The first-order valence-corrected chi connectivity index (χ1v) is 6.11. The summed E-state index contributed by atoms with van der Waals surface area (Å²) < 4.78 is 0.654. The van der Waals surface area contributed by atoms with Crippen LogP contribution in [0.1, 0.15) is 0 Å². The van der Waals surface area contributed by atoms with E-state index in [0.717, 1.165) is 11.3 Å². The fourth-order valence-corrected chi connectivity index (χ4v) is 1.87. The van der Waals surface area contributed by atoms with E-state index < -0.39 is 0 Å². The quantitative estimate of drug-likeness (QED) is 0.636. The molecule has 0 atom stereocenters. The van der Waals surface area contributed by atoms with Crippen LogP contribution < -0.4 is 0 Å². The van der Waals surface area contributed by atoms with Crippen LogP contribution in [0.15, 0.2) is 41.6 Å². The van der Waals surface area contributed by atoms with Crippen molar-refractivity contribution in [1.82, 2.24) is 9.97 Å². The van der Waals surface area contributed by atoms with Gasteiger partial charge in [-0.1, -0.05) is 24.4 Å². The summed E-state index contributed by atoms with van der Waals surface area (Å²) in [6.45, 7) is 0. The van der Waals surface area contributed by atoms with E-state index >= 15 is 0 Å². The third-order valence-corrected chi connectivity index (χ3v) is 3.01. The number of aromatic amines is 1. The highest BCUT2D eigenvalue weighted by molar-refractivity contribution is 7.98. The number of hydrogen-bond acceptors (Lipinski definition) is 3. The summed E-state index contributed by atoms with van der Waals surface area (Å²) in [5, 5.41) is 0. The summed E-state index contributed by atoms with van der Waals surface area (Å²) >= 11 is 6.76. The largest absolute Gasteiger partial charge is 0.344 e. The summed E-state index contributed by atoms with van der Waals surface area (Å²) in [4.78, 5) is 8.42. The van der Waals surface area contributed by atoms with Crippen molar-refractivity contribution < 1.29 is 0 Å². The van der Waals surface area contributed by atoms with Gasteiger partial charge in [0, 0.05) is 4.90 Å². The van der Waals surface area contributed by atoms with Crippen LogP contribution in [0, 0.1) is 4.64 Å². The van der Waals surface area contributed by atoms with E-state index in [1.807, 2.05) is 0 Å². The van der Waals surface area contributed by atoms with Crippen LogP contribution in [-0.2, 0) is 0 Å². The lowest BCUT2D eigenvalue weighted by Gasteiger charge is -2.02. The fourth-order valence-electron chi connectivity index (χ4n) is 1.29. The van der Waals surface area contributed by atoms with Gasteiger partial charge in [-0.3, -0.25) is 4.98 Å². The van der Waals surface area contributed by atoms with E-state index in [-0.39, 0.29) is 0 Å². The lowest BCUT2D eigenvalue weighted by Crippen LogP contribution is -1.85. The highest BCUT2D eigenvalue weighted by atomic mass is 32.2. The van der Waals surface area contributed by atoms with Gasteiger partial charge in [-0.2, -0.15) is 0 Å². The Labute approximate surface area is 97.8 Å². The van der Waals surface area contributed by atoms with E-state index in [4.69, 9.17) is 12.2 Å². The molecule has 0 saturated carbocycles. The van der Waals surface area contributed by atoms with Crippen molar-refractivity contribution in [3.8, 4) is 11.3 Å². The zero-order valence-corrected chi connectivity index (χ0v) is 9.86. The maximum atomic E-state index is 5.03. The highest BCUT2D eigenvalue weighted by Crippen LogP contribution is 2.20. The van der Waals surface area contributed by atoms with Crippen LogP contribution >= 0.6 is 24.0 Å². The SMILES string of the molecule is CSc1ccc(-c2cncc(=S)[nH]2)cc1. The van der Waals surface area contributed by atoms with Gasteiger partial charge in [-0.25, -0.2) is 0 Å². The van der Waals surface area contributed by atoms with Crippen molar-refractivity contribution in [3.63, 3.8) is 0 Å². The second kappa shape index (κ2) is 4.59. The summed E-state index contributed by atoms with van der Waals surface area (Å²) in [5.74, 6) is 0. The van der Waals surface area contributed by atoms with E-state index in [9.17, 15) is 0 Å². The van der Waals surface area contributed by atoms with E-state index in [0.29, 0.717) is 4.64 Å². The van der Waals surface area contributed by atoms with Crippen LogP contribution in [0.3, 0.4) is 0 Å². The summed E-state index contributed by atoms with van der Waals surface area (Å²) in [6.07, 6.45) is 5.48. The predicted octanol–water partition coefficient (Wildman–Crippen LogP) is 3.53. The Bertz CT molecular complexity index is 502. The molecule has 4 heteroatoms. The summed E-state index contributed by atoms with van der Waals surface area (Å²) in [5.41, 5.74) is 2.06. The van der Waals surface area contributed by atoms with Crippen molar-refractivity contribution in [3.05, 3.63) is 41.3 Å². The maximum absolute atomic E-state index is 5.03. The van der Waals surface area contributed by atoms with Crippen molar-refractivity contribution >= 4 is 24.0 Å². The molecule has 0 aliphatic carbocycles. The Morgan fingerprint density at radius 2 is 1.93 bits per heavy atom. The van der Waals surface area contributed by atoms with E-state index in [2.05, 4.69) is 40.5 Å². The molecule has 0 bridgehead atoms. The second-order valence-corrected chi connectivity index (χ2v) is 4.36. The summed E-state index contributed by atoms with van der Waals surface area (Å²) in [6, 6.07) is 8.30. The number of benzene rings is 1. The van der Waals surface area contributed by atoms with Crippen molar-refractivity contribution in [1.29, 1.82) is 0 Å². The number of H-pyrrole nitrogens is 1. The van der Waals surface area contributed by atoms with Gasteiger partial charge in [0.1, 0.15) is 4.64 Å². The molecule has 2 nitrogen and oxygen atoms in total. The summed E-state index contributed by atoms with van der Waals surface area (Å²) in [7, 11) is 0. The lowest BCUT2D eigenvalue weighted by molar-refractivity contribution is 1.18. The number of hydrogen-bond donors (Lipinski definition) is 1. The van der Waals surface area contributed by atoms with Gasteiger partial charge >= 0.3 is 0 Å². The Morgan fingerprint density at radius 3 is 2.53 bits per heavy atom. The first-order chi connectivity index (χ1) is 7.29. The molecule has 0 saturated heterocycles. The molecular formula is C11H10N2S2. The Kier molecular flexibility index (Phi) is 3.18. The third kappa shape index (κ3) is 2.46. The molecule has 0 radical (unpaired) electrons. The van der Waals surface area contributed by atoms with Crippen LogP contribution in [0.4, 0.5) is 0 Å². The van der Waals surface area contributed by atoms with Crippen molar-refractivity contribution in [2.24, 2.45) is 0 Å². The molecule has 15 heavy (non-hydrogen) atoms. The third-order valence-electron chi connectivity index (χ3n) is 2.05. The monoisotopic (exact) mass is 234 g/mol. The van der Waals surface area contributed by atoms with Gasteiger partial charge in [0.15, 0.2) is 0 Å². The van der Waals surface area contributed by atoms with Gasteiger partial charge in [0.05, 0.1) is 18.1 Å². The molecule has 0 spiro atoms. The molecule has 2 aromatic rings. The molecular weight excluding hydrogens is 224 g/mol. The van der Waals surface area contributed by atoms with Crippen molar-refractivity contribution in [2.75, 3.05) is 6.26 Å². The number of thioether (sulfide) groups is 1. The van der Waals surface area contributed by atoms with Crippen LogP contribution in [-0.4, -0.2) is 16.2 Å². The minimum atomic E-state index is 0.654. The zero-order valence-electron chi connectivity index (χ0n) is 8.23. The predicted molar refractivity (Wildman–Crippen MR) is 66.6 cm³/mol. The Morgan fingerprint density at radius 1 is 1.20 bits per heavy atom. The molecule has 76 valence electrons. The first-order valence-electron chi connectivity index (χ1n) is 4.48. The lowest BCUT2D eigenvalue weighted by atomic mass is 10.2. The van der Waals surface area contributed by atoms with Crippen LogP contribution in [0.5, 0.6) is 0 Å². The molecule has 2 rings (SSSR count). The molecule has 0 aliphatic heterocycles. The molecule has 0 fully saturated rings. The molecule has 0 amide bonds. The Hall–Kier alpha value is -1.13. The van der Waals surface area contributed by atoms with Gasteiger partial charge in [0.25, 0.3) is 0 Å². The average molecular weight is 234 g/mol. The molecule has 1 aromatic heterocycles. The standard InChI is InChI=1S/C11H10N2S2/c1-15-9-4-2-8(3-5-9)10-6-12-7-11(14)13-10/h2-7H,1H3,(H,13,14). The van der Waals surface area contributed by atoms with Crippen LogP contribution in [0.2, 0.25) is 0 Å². The smallest absolute Gasteiger partial charge is 0.122 e. The average Bonchev–Trinajstić information content (AvgIpc) is 2.29. The normalized spacial score (nSPS) is 10.2. The minimum Gasteiger partial charge on any atom is -0.344 e. The van der Waals surface area contributed by atoms with Gasteiger partial charge < -0.3 is 4.98 Å². The van der Waals surface area contributed by atoms with E-state index in [1.165, 1.54) is 4.90 Å². The van der Waals surface area contributed by atoms with Gasteiger partial charge in [-0.05, 0) is 24.0 Å². The molecule has 0 unspecified atom stereocenters. The molecule has 0 aliphatic rings. The van der Waals surface area contributed by atoms with E-state index in [1.54, 1.807) is 24.2 Å². The zero-order chi connectivity index (χ0) is 10.7. The maximum Gasteiger partial charge on any atom is 0.122 e. The second-order valence-electron chi connectivity index (χ2n) is 3.04.